The van der Waals surface area contributed by atoms with Gasteiger partial charge < -0.3 is 0 Å². The van der Waals surface area contributed by atoms with Crippen molar-refractivity contribution in [3.05, 3.63) is 329 Å². The molecule has 0 atom stereocenters. The van der Waals surface area contributed by atoms with Crippen molar-refractivity contribution in [2.45, 2.75) is 76.1 Å². The summed E-state index contributed by atoms with van der Waals surface area (Å²) < 4.78 is 33.6. The molecule has 5 heteroatoms. The predicted octanol–water partition coefficient (Wildman–Crippen LogP) is 20.0. The van der Waals surface area contributed by atoms with Gasteiger partial charge in [-0.3, -0.25) is 0 Å². The van der Waals surface area contributed by atoms with Crippen molar-refractivity contribution in [3.8, 4) is 56.3 Å². The number of fused-ring (bicyclic) bond motifs is 5. The van der Waals surface area contributed by atoms with Crippen LogP contribution in [0.5, 0.6) is 0 Å². The number of benzene rings is 10. The molecule has 0 fully saturated rings. The number of pyridine rings is 5. The van der Waals surface area contributed by atoms with Gasteiger partial charge in [-0.25, -0.2) is 13.7 Å². The molecule has 5 nitrogen and oxygen atoms in total. The van der Waals surface area contributed by atoms with Gasteiger partial charge in [0.2, 0.25) is 39.5 Å². The number of hydrogen-bond donors (Lipinski definition) is 0. The maximum atomic E-state index is 7.52. The van der Waals surface area contributed by atoms with Crippen LogP contribution in [-0.4, -0.2) is 0 Å². The first-order valence-electron chi connectivity index (χ1n) is 34.7. The largest absolute Gasteiger partial charge is 0.213 e. The van der Waals surface area contributed by atoms with Crippen LogP contribution in [0.2, 0.25) is 0 Å². The highest BCUT2D eigenvalue weighted by atomic mass is 14.9. The minimum absolute atomic E-state index is 0.386. The minimum Gasteiger partial charge on any atom is -0.200 e. The molecular formula is C91H92N5+5. The molecule has 15 aromatic rings. The van der Waals surface area contributed by atoms with Gasteiger partial charge in [-0.2, -0.15) is 9.13 Å². The molecule has 0 aliphatic carbocycles. The molecule has 476 valence electrons. The second-order valence-corrected chi connectivity index (χ2v) is 26.0. The molecule has 0 saturated heterocycles. The van der Waals surface area contributed by atoms with Crippen molar-refractivity contribution in [1.29, 1.82) is 0 Å². The first-order chi connectivity index (χ1) is 47.4. The Labute approximate surface area is 574 Å². The standard InChI is InChI=1S/2C19H20N.2C18H18N.C17H16N/c2*1-13-9-14(2)15(3)18(10-13)19-11-16-7-5-6-8-17(16)12-20(19)4;1-13-8-10-16(14(2)12-13)18-11-9-15-6-4-5-7-17(15)19(18)3;1-13-8-9-17(14(2)10-13)18-11-15-6-4-5-7-16(15)12-19(18)3;1-13-7-3-5-9-15(13)17-12-11-14-8-4-6-10-16(14)18(17)2/h2*5-12H,1-4H3;2*4-12H,1-3H3;3-12H,1-2H3/q5*+1/i;;;1D3;. The van der Waals surface area contributed by atoms with Gasteiger partial charge in [0, 0.05) is 101 Å². The molecule has 15 rings (SSSR count). The van der Waals surface area contributed by atoms with E-state index in [0.29, 0.717) is 5.56 Å². The summed E-state index contributed by atoms with van der Waals surface area (Å²) in [7, 11) is 10.5. The van der Waals surface area contributed by atoms with Gasteiger partial charge >= 0.3 is 0 Å². The fourth-order valence-electron chi connectivity index (χ4n) is 13.4. The van der Waals surface area contributed by atoms with E-state index < -0.39 is 6.85 Å². The summed E-state index contributed by atoms with van der Waals surface area (Å²) in [4.78, 5) is 0. The predicted molar refractivity (Wildman–Crippen MR) is 405 cm³/mol. The van der Waals surface area contributed by atoms with E-state index in [-0.39, 0.29) is 0 Å². The molecule has 0 bridgehead atoms. The highest BCUT2D eigenvalue weighted by Crippen LogP contribution is 2.31. The maximum Gasteiger partial charge on any atom is 0.213 e. The Hall–Kier alpha value is -10.8. The number of rotatable bonds is 5. The lowest BCUT2D eigenvalue weighted by molar-refractivity contribution is -0.659. The molecule has 96 heavy (non-hydrogen) atoms. The van der Waals surface area contributed by atoms with Crippen LogP contribution in [-0.2, 0) is 35.2 Å². The molecule has 0 aliphatic rings. The number of hydrogen-bond acceptors (Lipinski definition) is 0. The Morgan fingerprint density at radius 2 is 0.552 bits per heavy atom. The second kappa shape index (κ2) is 29.3. The first-order valence-corrected chi connectivity index (χ1v) is 33.2. The van der Waals surface area contributed by atoms with Gasteiger partial charge in [-0.15, -0.1) is 0 Å². The lowest BCUT2D eigenvalue weighted by atomic mass is 9.96. The van der Waals surface area contributed by atoms with Crippen molar-refractivity contribution < 1.29 is 26.9 Å². The Bertz CT molecular complexity index is 5370. The van der Waals surface area contributed by atoms with E-state index in [2.05, 4.69) is 350 Å². The first kappa shape index (κ1) is 62.7. The van der Waals surface area contributed by atoms with Crippen LogP contribution in [0.1, 0.15) is 65.3 Å². The van der Waals surface area contributed by atoms with Crippen LogP contribution in [0.3, 0.4) is 0 Å². The monoisotopic (exact) mass is 1260 g/mol. The zero-order valence-corrected chi connectivity index (χ0v) is 58.6. The van der Waals surface area contributed by atoms with Crippen LogP contribution < -0.4 is 22.8 Å². The molecule has 0 spiro atoms. The van der Waals surface area contributed by atoms with Gasteiger partial charge in [0.25, 0.3) is 0 Å². The van der Waals surface area contributed by atoms with Crippen LogP contribution in [0.4, 0.5) is 0 Å². The van der Waals surface area contributed by atoms with Crippen LogP contribution in [0.15, 0.2) is 267 Å². The highest BCUT2D eigenvalue weighted by molar-refractivity contribution is 5.87. The smallest absolute Gasteiger partial charge is 0.200 e. The molecule has 0 unspecified atom stereocenters. The van der Waals surface area contributed by atoms with E-state index in [1.165, 1.54) is 149 Å². The third-order valence-corrected chi connectivity index (χ3v) is 18.9. The molecule has 0 amide bonds. The molecule has 0 saturated carbocycles. The Kier molecular flexibility index (Phi) is 19.1. The number of para-hydroxylation sites is 2. The third-order valence-electron chi connectivity index (χ3n) is 18.9. The molecule has 0 radical (unpaired) electrons. The van der Waals surface area contributed by atoms with Crippen molar-refractivity contribution in [2.75, 3.05) is 0 Å². The molecular weight excluding hydrogens is 1160 g/mol. The molecule has 5 aromatic heterocycles. The fraction of sp³-hybridized carbons (Fsp3) is 0.176. The van der Waals surface area contributed by atoms with Crippen molar-refractivity contribution >= 4 is 54.1 Å². The van der Waals surface area contributed by atoms with Gasteiger partial charge in [0.05, 0.1) is 0 Å². The third kappa shape index (κ3) is 14.8. The zero-order chi connectivity index (χ0) is 70.4. The van der Waals surface area contributed by atoms with Crippen LogP contribution >= 0.6 is 0 Å². The summed E-state index contributed by atoms with van der Waals surface area (Å²) in [6.07, 6.45) is 6.52. The van der Waals surface area contributed by atoms with Crippen molar-refractivity contribution in [3.63, 3.8) is 0 Å². The second-order valence-electron chi connectivity index (χ2n) is 26.0. The fourth-order valence-corrected chi connectivity index (χ4v) is 13.4. The summed E-state index contributed by atoms with van der Waals surface area (Å²) in [6.45, 7) is 19.5. The lowest BCUT2D eigenvalue weighted by Gasteiger charge is -2.10. The van der Waals surface area contributed by atoms with Crippen LogP contribution in [0.25, 0.3) is 110 Å². The number of aromatic nitrogens is 5. The van der Waals surface area contributed by atoms with Gasteiger partial charge in [0.15, 0.2) is 18.6 Å². The average molecular weight is 1260 g/mol. The van der Waals surface area contributed by atoms with E-state index >= 15 is 0 Å². The molecule has 5 heterocycles. The number of aryl methyl sites for hydroxylation is 14. The highest BCUT2D eigenvalue weighted by Gasteiger charge is 2.20. The van der Waals surface area contributed by atoms with Gasteiger partial charge in [-0.1, -0.05) is 156 Å². The Morgan fingerprint density at radius 1 is 0.229 bits per heavy atom. The van der Waals surface area contributed by atoms with E-state index in [9.17, 15) is 0 Å². The maximum absolute atomic E-state index is 7.52. The van der Waals surface area contributed by atoms with E-state index in [1.54, 1.807) is 12.1 Å². The summed E-state index contributed by atoms with van der Waals surface area (Å²) in [5, 5.41) is 10.1. The molecule has 0 N–H and O–H groups in total. The topological polar surface area (TPSA) is 19.4 Å². The van der Waals surface area contributed by atoms with Crippen molar-refractivity contribution in [1.82, 2.24) is 0 Å². The zero-order valence-electron chi connectivity index (χ0n) is 61.6. The number of nitrogens with zero attached hydrogens (tertiary/aromatic N) is 5. The van der Waals surface area contributed by atoms with Crippen LogP contribution in [0, 0.1) is 76.1 Å². The summed E-state index contributed by atoms with van der Waals surface area (Å²) in [6, 6.07) is 87.4. The Balaban J connectivity index is 0.000000125. The molecule has 10 aromatic carbocycles. The minimum atomic E-state index is -2.06. The van der Waals surface area contributed by atoms with E-state index in [4.69, 9.17) is 4.11 Å². The van der Waals surface area contributed by atoms with Gasteiger partial charge in [0.1, 0.15) is 35.2 Å². The lowest BCUT2D eigenvalue weighted by Crippen LogP contribution is -2.32. The summed E-state index contributed by atoms with van der Waals surface area (Å²) in [5.41, 5.74) is 28.3. The quantitative estimate of drug-likeness (QED) is 0.153. The molecule has 0 aliphatic heterocycles. The average Bonchev–Trinajstić information content (AvgIpc) is 0.814. The summed E-state index contributed by atoms with van der Waals surface area (Å²) >= 11 is 0. The summed E-state index contributed by atoms with van der Waals surface area (Å²) in [5.74, 6) is 0. The Morgan fingerprint density at radius 3 is 0.958 bits per heavy atom. The van der Waals surface area contributed by atoms with E-state index in [1.807, 2.05) is 32.2 Å². The van der Waals surface area contributed by atoms with E-state index in [0.717, 1.165) is 16.8 Å². The normalized spacial score (nSPS) is 11.5. The SMILES string of the molecule is Cc1cc(C)c(C)c(-c2cc3ccccc3c[n+]2C)c1.Cc1cc(C)c(C)c(-c2cc3ccccc3c[n+]2C)c1.Cc1ccc(-c2ccc3ccccc3[n+]2C)c(C)c1.Cc1ccccc1-c1ccc2ccccc2[n+]1C.[2H]C([2H])([2H])c1ccc(-c2cc3ccccc3c[n+]2C)c(C)c1. The van der Waals surface area contributed by atoms with Gasteiger partial charge in [-0.05, 0) is 204 Å². The van der Waals surface area contributed by atoms with Crippen molar-refractivity contribution in [2.24, 2.45) is 35.2 Å².